The van der Waals surface area contributed by atoms with E-state index in [1.54, 1.807) is 6.07 Å². The molecule has 3 nitrogen and oxygen atoms in total. The topological polar surface area (TPSA) is 49.5 Å². The largest absolute Gasteiger partial charge is 0.508 e. The van der Waals surface area contributed by atoms with Gasteiger partial charge in [0, 0.05) is 19.1 Å². The molecule has 2 aromatic carbocycles. The molecule has 0 spiro atoms. The van der Waals surface area contributed by atoms with Crippen molar-refractivity contribution in [3.8, 4) is 5.75 Å². The summed E-state index contributed by atoms with van der Waals surface area (Å²) in [6.45, 7) is 7.69. The fraction of sp³-hybridized carbons (Fsp3) is 0.455. The number of hydrogen-bond acceptors (Lipinski definition) is 3. The van der Waals surface area contributed by atoms with Crippen LogP contribution >= 0.6 is 0 Å². The van der Waals surface area contributed by atoms with Crippen molar-refractivity contribution in [2.45, 2.75) is 38.1 Å². The van der Waals surface area contributed by atoms with E-state index in [1.165, 1.54) is 11.1 Å². The molecule has 3 heteroatoms. The fourth-order valence-electron chi connectivity index (χ4n) is 4.09. The molecule has 2 aromatic rings. The molecule has 3 rings (SSSR count). The average Bonchev–Trinajstić information content (AvgIpc) is 2.59. The van der Waals surface area contributed by atoms with Crippen LogP contribution in [0.4, 0.5) is 0 Å². The predicted molar refractivity (Wildman–Crippen MR) is 104 cm³/mol. The lowest BCUT2D eigenvalue weighted by Gasteiger charge is -2.45. The van der Waals surface area contributed by atoms with Crippen molar-refractivity contribution in [2.24, 2.45) is 11.7 Å². The van der Waals surface area contributed by atoms with Gasteiger partial charge in [-0.15, -0.1) is 0 Å². The van der Waals surface area contributed by atoms with Gasteiger partial charge in [-0.1, -0.05) is 56.3 Å². The lowest BCUT2D eigenvalue weighted by atomic mass is 9.68. The molecule has 1 heterocycles. The fourth-order valence-corrected chi connectivity index (χ4v) is 4.09. The highest BCUT2D eigenvalue weighted by atomic mass is 16.3. The number of phenols is 1. The zero-order chi connectivity index (χ0) is 17.9. The van der Waals surface area contributed by atoms with E-state index in [2.05, 4.69) is 49.1 Å². The van der Waals surface area contributed by atoms with Crippen LogP contribution in [0.15, 0.2) is 54.6 Å². The Morgan fingerprint density at radius 1 is 1.20 bits per heavy atom. The summed E-state index contributed by atoms with van der Waals surface area (Å²) in [5, 5.41) is 9.83. The minimum Gasteiger partial charge on any atom is -0.508 e. The highest BCUT2D eigenvalue weighted by Crippen LogP contribution is 2.40. The van der Waals surface area contributed by atoms with Gasteiger partial charge in [-0.05, 0) is 54.0 Å². The first-order valence-corrected chi connectivity index (χ1v) is 9.29. The molecule has 25 heavy (non-hydrogen) atoms. The number of phenolic OH excluding ortho intramolecular Hbond substituents is 1. The second-order valence-corrected chi connectivity index (χ2v) is 7.83. The SMILES string of the molecule is C[C@H]1CN(C[C@@H](N)Cc2ccccc2)CC[C@@]1(C)c1cccc(O)c1. The van der Waals surface area contributed by atoms with Crippen molar-refractivity contribution in [2.75, 3.05) is 19.6 Å². The molecule has 0 saturated carbocycles. The van der Waals surface area contributed by atoms with Gasteiger partial charge in [-0.25, -0.2) is 0 Å². The summed E-state index contributed by atoms with van der Waals surface area (Å²) in [7, 11) is 0. The summed E-state index contributed by atoms with van der Waals surface area (Å²) < 4.78 is 0. The summed E-state index contributed by atoms with van der Waals surface area (Å²) in [4.78, 5) is 2.50. The average molecular weight is 338 g/mol. The van der Waals surface area contributed by atoms with Crippen LogP contribution in [-0.2, 0) is 11.8 Å². The van der Waals surface area contributed by atoms with Crippen LogP contribution in [-0.4, -0.2) is 35.7 Å². The van der Waals surface area contributed by atoms with Gasteiger partial charge in [0.15, 0.2) is 0 Å². The van der Waals surface area contributed by atoms with Crippen LogP contribution in [0.1, 0.15) is 31.4 Å². The molecule has 0 amide bonds. The van der Waals surface area contributed by atoms with E-state index in [4.69, 9.17) is 5.73 Å². The van der Waals surface area contributed by atoms with Crippen molar-refractivity contribution in [1.29, 1.82) is 0 Å². The van der Waals surface area contributed by atoms with E-state index in [-0.39, 0.29) is 11.5 Å². The second kappa shape index (κ2) is 7.59. The number of aromatic hydroxyl groups is 1. The Balaban J connectivity index is 1.60. The Morgan fingerprint density at radius 3 is 2.64 bits per heavy atom. The highest BCUT2D eigenvalue weighted by molar-refractivity contribution is 5.33. The summed E-state index contributed by atoms with van der Waals surface area (Å²) in [5.74, 6) is 0.880. The van der Waals surface area contributed by atoms with Gasteiger partial charge in [-0.2, -0.15) is 0 Å². The summed E-state index contributed by atoms with van der Waals surface area (Å²) in [6, 6.07) is 18.4. The van der Waals surface area contributed by atoms with Gasteiger partial charge in [0.25, 0.3) is 0 Å². The Labute approximate surface area is 151 Å². The molecular weight excluding hydrogens is 308 g/mol. The molecular formula is C22H30N2O. The number of rotatable bonds is 5. The number of piperidine rings is 1. The van der Waals surface area contributed by atoms with Gasteiger partial charge >= 0.3 is 0 Å². The van der Waals surface area contributed by atoms with Gasteiger partial charge in [0.05, 0.1) is 0 Å². The third-order valence-corrected chi connectivity index (χ3v) is 5.91. The third-order valence-electron chi connectivity index (χ3n) is 5.91. The summed E-state index contributed by atoms with van der Waals surface area (Å²) in [5.41, 5.74) is 9.07. The second-order valence-electron chi connectivity index (χ2n) is 7.83. The molecule has 0 bridgehead atoms. The number of nitrogens with zero attached hydrogens (tertiary/aromatic N) is 1. The first-order valence-electron chi connectivity index (χ1n) is 9.29. The Kier molecular flexibility index (Phi) is 5.45. The molecule has 0 radical (unpaired) electrons. The summed E-state index contributed by atoms with van der Waals surface area (Å²) >= 11 is 0. The van der Waals surface area contributed by atoms with Crippen LogP contribution in [0, 0.1) is 5.92 Å². The smallest absolute Gasteiger partial charge is 0.115 e. The zero-order valence-corrected chi connectivity index (χ0v) is 15.4. The molecule has 0 aromatic heterocycles. The molecule has 1 aliphatic rings. The normalized spacial score (nSPS) is 25.6. The predicted octanol–water partition coefficient (Wildman–Crippen LogP) is 3.56. The molecule has 3 atom stereocenters. The van der Waals surface area contributed by atoms with Crippen molar-refractivity contribution < 1.29 is 5.11 Å². The van der Waals surface area contributed by atoms with Gasteiger partial charge in [0.1, 0.15) is 5.75 Å². The van der Waals surface area contributed by atoms with E-state index in [0.717, 1.165) is 32.5 Å². The number of likely N-dealkylation sites (tertiary alicyclic amines) is 1. The van der Waals surface area contributed by atoms with E-state index in [1.807, 2.05) is 18.2 Å². The number of benzene rings is 2. The minimum atomic E-state index is 0.110. The van der Waals surface area contributed by atoms with Crippen molar-refractivity contribution >= 4 is 0 Å². The maximum Gasteiger partial charge on any atom is 0.115 e. The van der Waals surface area contributed by atoms with E-state index in [0.29, 0.717) is 11.7 Å². The van der Waals surface area contributed by atoms with Crippen LogP contribution in [0.5, 0.6) is 5.75 Å². The molecule has 0 unspecified atom stereocenters. The zero-order valence-electron chi connectivity index (χ0n) is 15.4. The third kappa shape index (κ3) is 4.23. The Hall–Kier alpha value is -1.84. The number of hydrogen-bond donors (Lipinski definition) is 2. The molecule has 1 fully saturated rings. The van der Waals surface area contributed by atoms with E-state index < -0.39 is 0 Å². The lowest BCUT2D eigenvalue weighted by molar-refractivity contribution is 0.106. The Bertz CT molecular complexity index is 687. The van der Waals surface area contributed by atoms with Crippen molar-refractivity contribution in [3.63, 3.8) is 0 Å². The van der Waals surface area contributed by atoms with Gasteiger partial charge < -0.3 is 15.7 Å². The van der Waals surface area contributed by atoms with Gasteiger partial charge in [-0.3, -0.25) is 0 Å². The maximum absolute atomic E-state index is 9.83. The van der Waals surface area contributed by atoms with Crippen molar-refractivity contribution in [1.82, 2.24) is 4.90 Å². The molecule has 0 aliphatic carbocycles. The van der Waals surface area contributed by atoms with E-state index >= 15 is 0 Å². The monoisotopic (exact) mass is 338 g/mol. The Morgan fingerprint density at radius 2 is 1.96 bits per heavy atom. The van der Waals surface area contributed by atoms with E-state index in [9.17, 15) is 5.11 Å². The van der Waals surface area contributed by atoms with Crippen LogP contribution in [0.3, 0.4) is 0 Å². The molecule has 3 N–H and O–H groups in total. The lowest BCUT2D eigenvalue weighted by Crippen LogP contribution is -2.50. The maximum atomic E-state index is 9.83. The minimum absolute atomic E-state index is 0.110. The van der Waals surface area contributed by atoms with Crippen LogP contribution < -0.4 is 5.73 Å². The van der Waals surface area contributed by atoms with Crippen LogP contribution in [0.25, 0.3) is 0 Å². The quantitative estimate of drug-likeness (QED) is 0.876. The first-order chi connectivity index (χ1) is 12.0. The molecule has 134 valence electrons. The highest BCUT2D eigenvalue weighted by Gasteiger charge is 2.38. The standard InChI is InChI=1S/C22H30N2O/c1-17-15-24(16-20(23)13-18-7-4-3-5-8-18)12-11-22(17,2)19-9-6-10-21(25)14-19/h3-10,14,17,20,25H,11-13,15-16,23H2,1-2H3/t17-,20-,22+/m0/s1. The number of nitrogens with two attached hydrogens (primary N) is 1. The summed E-state index contributed by atoms with van der Waals surface area (Å²) in [6.07, 6.45) is 2.02. The van der Waals surface area contributed by atoms with Crippen molar-refractivity contribution in [3.05, 3.63) is 65.7 Å². The first kappa shape index (κ1) is 18.0. The molecule has 1 aliphatic heterocycles. The van der Waals surface area contributed by atoms with Crippen LogP contribution in [0.2, 0.25) is 0 Å². The van der Waals surface area contributed by atoms with Gasteiger partial charge in [0.2, 0.25) is 0 Å². The molecule has 1 saturated heterocycles.